The summed E-state index contributed by atoms with van der Waals surface area (Å²) in [5.41, 5.74) is 10.4. The number of likely N-dealkylation sites (tertiary alicyclic amines) is 1. The number of pyridine rings is 1. The number of aliphatic carboxylic acids is 1. The second-order valence-corrected chi connectivity index (χ2v) is 10.8. The third-order valence-corrected chi connectivity index (χ3v) is 8.47. The fraction of sp³-hybridized carbons (Fsp3) is 0.281. The molecule has 2 aliphatic rings. The van der Waals surface area contributed by atoms with Gasteiger partial charge in [0.1, 0.15) is 23.5 Å². The highest BCUT2D eigenvalue weighted by atomic mass is 19.1. The molecule has 1 amide bonds. The van der Waals surface area contributed by atoms with E-state index in [1.54, 1.807) is 11.1 Å². The molecule has 6 rings (SSSR count). The molecule has 1 spiro atoms. The number of hydrogen-bond donors (Lipinski definition) is 2. The molecule has 1 aliphatic heterocycles. The van der Waals surface area contributed by atoms with Crippen LogP contribution in [-0.2, 0) is 21.4 Å². The van der Waals surface area contributed by atoms with Gasteiger partial charge in [0.05, 0.1) is 13.5 Å². The number of nitrogens with two attached hydrogens (primary N) is 1. The number of benzene rings is 3. The summed E-state index contributed by atoms with van der Waals surface area (Å²) in [6, 6.07) is 18.3. The number of nitrogens with zero attached hydrogens (tertiary/aromatic N) is 2. The van der Waals surface area contributed by atoms with Gasteiger partial charge in [-0.25, -0.2) is 14.2 Å². The number of carboxylic acids is 1. The van der Waals surface area contributed by atoms with E-state index in [2.05, 4.69) is 23.2 Å². The highest BCUT2D eigenvalue weighted by Crippen LogP contribution is 2.53. The van der Waals surface area contributed by atoms with E-state index in [4.69, 9.17) is 15.2 Å². The van der Waals surface area contributed by atoms with Gasteiger partial charge in [-0.05, 0) is 71.2 Å². The molecule has 0 bridgehead atoms. The molecule has 0 saturated carbocycles. The zero-order valence-corrected chi connectivity index (χ0v) is 22.6. The number of methoxy groups -OCH3 is 1. The van der Waals surface area contributed by atoms with E-state index in [0.29, 0.717) is 30.9 Å². The van der Waals surface area contributed by atoms with Crippen molar-refractivity contribution in [2.24, 2.45) is 0 Å². The standard InChI is InChI=1S/C32H30FN3O5/c1-40-31(39)36-12-9-32(10-13-36)18-28(41-27-17-23(33)6-4-22(27)16-29(37)38)25-15-21(5-7-26(25)32)20-3-2-19-8-11-35-30(34)24(19)14-20/h2-8,11,14-15,17,28H,9-10,12-13,16,18H2,1H3,(H2,34,35)(H,37,38). The van der Waals surface area contributed by atoms with Crippen molar-refractivity contribution in [1.29, 1.82) is 0 Å². The van der Waals surface area contributed by atoms with Crippen LogP contribution in [0.2, 0.25) is 0 Å². The summed E-state index contributed by atoms with van der Waals surface area (Å²) in [6.45, 7) is 1.09. The van der Waals surface area contributed by atoms with E-state index in [0.717, 1.165) is 45.9 Å². The van der Waals surface area contributed by atoms with Gasteiger partial charge in [-0.1, -0.05) is 30.3 Å². The third kappa shape index (κ3) is 4.92. The molecular formula is C32H30FN3O5. The maximum atomic E-state index is 14.3. The number of nitrogen functional groups attached to an aromatic ring is 1. The molecule has 4 aromatic rings. The summed E-state index contributed by atoms with van der Waals surface area (Å²) in [5.74, 6) is -0.834. The first-order valence-corrected chi connectivity index (χ1v) is 13.6. The van der Waals surface area contributed by atoms with E-state index in [1.807, 2.05) is 24.3 Å². The number of amides is 1. The lowest BCUT2D eigenvalue weighted by Crippen LogP contribution is -2.44. The smallest absolute Gasteiger partial charge is 0.409 e. The summed E-state index contributed by atoms with van der Waals surface area (Å²) < 4.78 is 25.7. The molecular weight excluding hydrogens is 525 g/mol. The Morgan fingerprint density at radius 1 is 1.07 bits per heavy atom. The van der Waals surface area contributed by atoms with Crippen molar-refractivity contribution in [3.63, 3.8) is 0 Å². The third-order valence-electron chi connectivity index (χ3n) is 8.47. The van der Waals surface area contributed by atoms with Gasteiger partial charge in [0.15, 0.2) is 0 Å². The molecule has 1 fully saturated rings. The predicted molar refractivity (Wildman–Crippen MR) is 152 cm³/mol. The SMILES string of the molecule is COC(=O)N1CCC2(CC1)CC(Oc1cc(F)ccc1CC(=O)O)c1cc(-c3ccc4ccnc(N)c4c3)ccc12. The largest absolute Gasteiger partial charge is 0.485 e. The normalized spacial score (nSPS) is 17.4. The highest BCUT2D eigenvalue weighted by Gasteiger charge is 2.47. The van der Waals surface area contributed by atoms with Gasteiger partial charge >= 0.3 is 12.1 Å². The molecule has 8 nitrogen and oxygen atoms in total. The number of fused-ring (bicyclic) bond motifs is 3. The van der Waals surface area contributed by atoms with Crippen LogP contribution in [0.1, 0.15) is 42.1 Å². The minimum absolute atomic E-state index is 0.224. The van der Waals surface area contributed by atoms with Crippen LogP contribution >= 0.6 is 0 Å². The van der Waals surface area contributed by atoms with Crippen molar-refractivity contribution >= 4 is 28.7 Å². The van der Waals surface area contributed by atoms with Crippen LogP contribution in [0.5, 0.6) is 5.75 Å². The lowest BCUT2D eigenvalue weighted by Gasteiger charge is -2.39. The molecule has 41 heavy (non-hydrogen) atoms. The second kappa shape index (κ2) is 10.4. The lowest BCUT2D eigenvalue weighted by molar-refractivity contribution is -0.136. The summed E-state index contributed by atoms with van der Waals surface area (Å²) in [7, 11) is 1.38. The fourth-order valence-electron chi connectivity index (χ4n) is 6.36. The Labute approximate surface area is 236 Å². The minimum atomic E-state index is -1.02. The number of rotatable bonds is 5. The molecule has 2 heterocycles. The first-order chi connectivity index (χ1) is 19.8. The number of aromatic nitrogens is 1. The van der Waals surface area contributed by atoms with Crippen LogP contribution in [0.15, 0.2) is 66.9 Å². The zero-order chi connectivity index (χ0) is 28.7. The maximum absolute atomic E-state index is 14.3. The van der Waals surface area contributed by atoms with Crippen molar-refractivity contribution in [1.82, 2.24) is 9.88 Å². The van der Waals surface area contributed by atoms with Crippen molar-refractivity contribution in [3.05, 3.63) is 89.4 Å². The van der Waals surface area contributed by atoms with Gasteiger partial charge in [-0.3, -0.25) is 4.79 Å². The maximum Gasteiger partial charge on any atom is 0.409 e. The number of carbonyl (C=O) groups excluding carboxylic acids is 1. The zero-order valence-electron chi connectivity index (χ0n) is 22.6. The van der Waals surface area contributed by atoms with Crippen molar-refractivity contribution in [2.45, 2.75) is 37.2 Å². The van der Waals surface area contributed by atoms with Gasteiger partial charge in [0.25, 0.3) is 0 Å². The van der Waals surface area contributed by atoms with Crippen LogP contribution in [0.3, 0.4) is 0 Å². The highest BCUT2D eigenvalue weighted by molar-refractivity contribution is 5.94. The van der Waals surface area contributed by atoms with E-state index < -0.39 is 17.9 Å². The van der Waals surface area contributed by atoms with Gasteiger partial charge in [0, 0.05) is 41.7 Å². The number of ether oxygens (including phenoxy) is 2. The first kappa shape index (κ1) is 26.6. The molecule has 1 aliphatic carbocycles. The van der Waals surface area contributed by atoms with E-state index in [-0.39, 0.29) is 23.7 Å². The van der Waals surface area contributed by atoms with Crippen molar-refractivity contribution in [2.75, 3.05) is 25.9 Å². The minimum Gasteiger partial charge on any atom is -0.485 e. The van der Waals surface area contributed by atoms with Crippen molar-refractivity contribution < 1.29 is 28.6 Å². The first-order valence-electron chi connectivity index (χ1n) is 13.6. The number of halogens is 1. The van der Waals surface area contributed by atoms with Gasteiger partial charge < -0.3 is 25.2 Å². The van der Waals surface area contributed by atoms with Crippen LogP contribution in [0.4, 0.5) is 15.0 Å². The van der Waals surface area contributed by atoms with Crippen LogP contribution in [0, 0.1) is 5.82 Å². The number of carboxylic acid groups (broad SMARTS) is 1. The van der Waals surface area contributed by atoms with Crippen LogP contribution in [0.25, 0.3) is 21.9 Å². The molecule has 3 aromatic carbocycles. The molecule has 1 atom stereocenters. The molecule has 210 valence electrons. The number of hydrogen-bond acceptors (Lipinski definition) is 6. The monoisotopic (exact) mass is 555 g/mol. The Bertz CT molecular complexity index is 1660. The molecule has 1 saturated heterocycles. The summed E-state index contributed by atoms with van der Waals surface area (Å²) in [4.78, 5) is 29.6. The number of carbonyl (C=O) groups is 2. The van der Waals surface area contributed by atoms with Gasteiger partial charge in [-0.2, -0.15) is 0 Å². The summed E-state index contributed by atoms with van der Waals surface area (Å²) in [6.07, 6.45) is 2.69. The quantitative estimate of drug-likeness (QED) is 0.316. The van der Waals surface area contributed by atoms with Crippen molar-refractivity contribution in [3.8, 4) is 16.9 Å². The molecule has 3 N–H and O–H groups in total. The molecule has 1 aromatic heterocycles. The second-order valence-electron chi connectivity index (χ2n) is 10.8. The predicted octanol–water partition coefficient (Wildman–Crippen LogP) is 5.87. The number of piperidine rings is 1. The fourth-order valence-corrected chi connectivity index (χ4v) is 6.36. The van der Waals surface area contributed by atoms with E-state index in [1.165, 1.54) is 25.3 Å². The molecule has 9 heteroatoms. The lowest BCUT2D eigenvalue weighted by atomic mass is 9.73. The van der Waals surface area contributed by atoms with Crippen LogP contribution < -0.4 is 10.5 Å². The number of anilines is 1. The summed E-state index contributed by atoms with van der Waals surface area (Å²) in [5, 5.41) is 11.3. The van der Waals surface area contributed by atoms with E-state index in [9.17, 15) is 19.1 Å². The average molecular weight is 556 g/mol. The van der Waals surface area contributed by atoms with Gasteiger partial charge in [-0.15, -0.1) is 0 Å². The summed E-state index contributed by atoms with van der Waals surface area (Å²) >= 11 is 0. The average Bonchev–Trinajstić information content (AvgIpc) is 3.26. The Morgan fingerprint density at radius 3 is 2.59 bits per heavy atom. The van der Waals surface area contributed by atoms with E-state index >= 15 is 0 Å². The topological polar surface area (TPSA) is 115 Å². The Morgan fingerprint density at radius 2 is 1.83 bits per heavy atom. The molecule has 0 radical (unpaired) electrons. The molecule has 1 unspecified atom stereocenters. The van der Waals surface area contributed by atoms with Gasteiger partial charge in [0.2, 0.25) is 0 Å². The van der Waals surface area contributed by atoms with Crippen LogP contribution in [-0.4, -0.2) is 47.3 Å². The Kier molecular flexibility index (Phi) is 6.73. The Hall–Kier alpha value is -4.66. The Balaban J connectivity index is 1.41.